The fourth-order valence-corrected chi connectivity index (χ4v) is 5.92. The number of rotatable bonds is 3. The van der Waals surface area contributed by atoms with E-state index in [1.165, 1.54) is 41.6 Å². The molecule has 2 N–H and O–H groups in total. The van der Waals surface area contributed by atoms with Gasteiger partial charge < -0.3 is 10.4 Å². The summed E-state index contributed by atoms with van der Waals surface area (Å²) in [6.45, 7) is 2.23. The van der Waals surface area contributed by atoms with E-state index in [1.54, 1.807) is 12.1 Å². The van der Waals surface area contributed by atoms with Gasteiger partial charge in [0, 0.05) is 5.69 Å². The summed E-state index contributed by atoms with van der Waals surface area (Å²) >= 11 is 0. The first-order valence-electron chi connectivity index (χ1n) is 9.88. The van der Waals surface area contributed by atoms with Gasteiger partial charge in [0.25, 0.3) is 0 Å². The van der Waals surface area contributed by atoms with Crippen LogP contribution in [0.2, 0.25) is 0 Å². The molecule has 2 aromatic carbocycles. The van der Waals surface area contributed by atoms with E-state index in [2.05, 4.69) is 30.4 Å². The number of aryl methyl sites for hydroxylation is 1. The lowest BCUT2D eigenvalue weighted by atomic mass is 9.68. The smallest absolute Gasteiger partial charge is 0.335 e. The fourth-order valence-electron chi connectivity index (χ4n) is 5.92. The summed E-state index contributed by atoms with van der Waals surface area (Å²) in [4.78, 5) is 11.2. The van der Waals surface area contributed by atoms with Crippen molar-refractivity contribution in [3.8, 4) is 0 Å². The molecule has 0 unspecified atom stereocenters. The van der Waals surface area contributed by atoms with Crippen LogP contribution in [0, 0.1) is 17.8 Å². The Morgan fingerprint density at radius 1 is 1.12 bits per heavy atom. The van der Waals surface area contributed by atoms with Crippen LogP contribution < -0.4 is 5.32 Å². The van der Waals surface area contributed by atoms with Crippen molar-refractivity contribution in [3.05, 3.63) is 64.7 Å². The molecular weight excluding hydrogens is 322 g/mol. The second-order valence-corrected chi connectivity index (χ2v) is 8.26. The number of fused-ring (bicyclic) bond motifs is 7. The van der Waals surface area contributed by atoms with Gasteiger partial charge in [-0.05, 0) is 84.2 Å². The number of carboxylic acids is 1. The summed E-state index contributed by atoms with van der Waals surface area (Å²) in [5.41, 5.74) is 5.82. The normalized spacial score (nSPS) is 31.2. The van der Waals surface area contributed by atoms with E-state index in [0.29, 0.717) is 17.4 Å². The van der Waals surface area contributed by atoms with Gasteiger partial charge in [0.05, 0.1) is 11.6 Å². The molecule has 0 radical (unpaired) electrons. The number of nitrogens with one attached hydrogen (secondary N) is 1. The molecule has 2 bridgehead atoms. The van der Waals surface area contributed by atoms with Gasteiger partial charge in [-0.3, -0.25) is 0 Å². The highest BCUT2D eigenvalue weighted by atomic mass is 16.4. The van der Waals surface area contributed by atoms with Crippen LogP contribution in [-0.2, 0) is 6.42 Å². The molecule has 1 aliphatic heterocycles. The summed E-state index contributed by atoms with van der Waals surface area (Å²) < 4.78 is 0. The number of carboxylic acid groups (broad SMARTS) is 1. The van der Waals surface area contributed by atoms with Crippen LogP contribution in [0.1, 0.15) is 65.2 Å². The third kappa shape index (κ3) is 2.29. The lowest BCUT2D eigenvalue weighted by molar-refractivity contribution is 0.0697. The van der Waals surface area contributed by atoms with Crippen LogP contribution in [0.25, 0.3) is 0 Å². The Balaban J connectivity index is 1.57. The molecule has 0 aromatic heterocycles. The molecule has 0 saturated heterocycles. The minimum absolute atomic E-state index is 0.290. The lowest BCUT2D eigenvalue weighted by Crippen LogP contribution is -2.35. The molecule has 0 amide bonds. The maximum absolute atomic E-state index is 11.2. The Labute approximate surface area is 154 Å². The van der Waals surface area contributed by atoms with Crippen molar-refractivity contribution >= 4 is 11.7 Å². The van der Waals surface area contributed by atoms with Crippen molar-refractivity contribution < 1.29 is 9.90 Å². The molecule has 2 fully saturated rings. The van der Waals surface area contributed by atoms with Gasteiger partial charge in [0.15, 0.2) is 0 Å². The monoisotopic (exact) mass is 347 g/mol. The molecule has 3 nitrogen and oxygen atoms in total. The molecule has 2 aromatic rings. The SMILES string of the molecule is CCc1ccc2c(c1)[C@@H]1[C@H]3CC[C@@H](C3)[C@H]1[C@H](c1ccc(C(=O)O)cc1)N2. The number of hydrogen-bond donors (Lipinski definition) is 2. The van der Waals surface area contributed by atoms with Crippen molar-refractivity contribution in [2.45, 2.75) is 44.6 Å². The lowest BCUT2D eigenvalue weighted by Gasteiger charge is -2.43. The first-order chi connectivity index (χ1) is 12.7. The third-order valence-electron chi connectivity index (χ3n) is 7.08. The zero-order chi connectivity index (χ0) is 17.8. The molecule has 3 heteroatoms. The second kappa shape index (κ2) is 5.87. The molecule has 0 spiro atoms. The average Bonchev–Trinajstić information content (AvgIpc) is 3.29. The first-order valence-corrected chi connectivity index (χ1v) is 9.88. The highest BCUT2D eigenvalue weighted by molar-refractivity contribution is 5.87. The van der Waals surface area contributed by atoms with E-state index in [-0.39, 0.29) is 6.04 Å². The first kappa shape index (κ1) is 15.9. The van der Waals surface area contributed by atoms with Crippen molar-refractivity contribution in [1.29, 1.82) is 0 Å². The average molecular weight is 347 g/mol. The Morgan fingerprint density at radius 2 is 1.88 bits per heavy atom. The maximum atomic E-state index is 11.2. The third-order valence-corrected chi connectivity index (χ3v) is 7.08. The van der Waals surface area contributed by atoms with Gasteiger partial charge in [-0.25, -0.2) is 4.79 Å². The van der Waals surface area contributed by atoms with E-state index >= 15 is 0 Å². The van der Waals surface area contributed by atoms with Gasteiger partial charge in [0.2, 0.25) is 0 Å². The Morgan fingerprint density at radius 3 is 2.62 bits per heavy atom. The Kier molecular flexibility index (Phi) is 3.59. The number of anilines is 1. The van der Waals surface area contributed by atoms with Crippen LogP contribution in [-0.4, -0.2) is 11.1 Å². The molecule has 3 aliphatic rings. The van der Waals surface area contributed by atoms with Crippen LogP contribution >= 0.6 is 0 Å². The predicted octanol–water partition coefficient (Wildman–Crippen LogP) is 5.24. The minimum atomic E-state index is -0.858. The van der Waals surface area contributed by atoms with Gasteiger partial charge >= 0.3 is 5.97 Å². The molecule has 26 heavy (non-hydrogen) atoms. The predicted molar refractivity (Wildman–Crippen MR) is 103 cm³/mol. The topological polar surface area (TPSA) is 49.3 Å². The highest BCUT2D eigenvalue weighted by Crippen LogP contribution is 2.63. The summed E-state index contributed by atoms with van der Waals surface area (Å²) in [5, 5.41) is 13.0. The molecule has 1 heterocycles. The molecule has 2 saturated carbocycles. The summed E-state index contributed by atoms with van der Waals surface area (Å²) in [5.74, 6) is 2.03. The van der Waals surface area contributed by atoms with E-state index < -0.39 is 5.97 Å². The Hall–Kier alpha value is -2.29. The summed E-state index contributed by atoms with van der Waals surface area (Å²) in [6, 6.07) is 14.7. The number of aromatic carboxylic acids is 1. The number of carbonyl (C=O) groups is 1. The van der Waals surface area contributed by atoms with Crippen LogP contribution in [0.4, 0.5) is 5.69 Å². The largest absolute Gasteiger partial charge is 0.478 e. The molecule has 2 aliphatic carbocycles. The van der Waals surface area contributed by atoms with Crippen LogP contribution in [0.3, 0.4) is 0 Å². The van der Waals surface area contributed by atoms with Crippen molar-refractivity contribution in [1.82, 2.24) is 0 Å². The van der Waals surface area contributed by atoms with Crippen molar-refractivity contribution in [2.75, 3.05) is 5.32 Å². The van der Waals surface area contributed by atoms with E-state index in [4.69, 9.17) is 0 Å². The quantitative estimate of drug-likeness (QED) is 0.798. The van der Waals surface area contributed by atoms with Crippen LogP contribution in [0.5, 0.6) is 0 Å². The number of benzene rings is 2. The summed E-state index contributed by atoms with van der Waals surface area (Å²) in [6.07, 6.45) is 5.15. The molecular formula is C23H25NO2. The molecule has 5 rings (SSSR count). The van der Waals surface area contributed by atoms with Gasteiger partial charge in [-0.15, -0.1) is 0 Å². The number of hydrogen-bond acceptors (Lipinski definition) is 2. The highest BCUT2D eigenvalue weighted by Gasteiger charge is 2.53. The van der Waals surface area contributed by atoms with E-state index in [0.717, 1.165) is 18.3 Å². The van der Waals surface area contributed by atoms with E-state index in [9.17, 15) is 9.90 Å². The standard InChI is InChI=1S/C23H25NO2/c1-2-13-3-10-19-18(11-13)20-16-8-9-17(12-16)21(20)22(24-19)14-4-6-15(7-5-14)23(25)26/h3-7,10-11,16-17,20-22,24H,2,8-9,12H2,1H3,(H,25,26)/t16-,17-,20-,21+,22-/m0/s1. The minimum Gasteiger partial charge on any atom is -0.478 e. The second-order valence-electron chi connectivity index (χ2n) is 8.26. The molecule has 5 atom stereocenters. The zero-order valence-electron chi connectivity index (χ0n) is 15.1. The van der Waals surface area contributed by atoms with E-state index in [1.807, 2.05) is 12.1 Å². The Bertz CT molecular complexity index is 857. The van der Waals surface area contributed by atoms with Crippen molar-refractivity contribution in [3.63, 3.8) is 0 Å². The van der Waals surface area contributed by atoms with Gasteiger partial charge in [-0.1, -0.05) is 31.2 Å². The van der Waals surface area contributed by atoms with Crippen LogP contribution in [0.15, 0.2) is 42.5 Å². The fraction of sp³-hybridized carbons (Fsp3) is 0.435. The summed E-state index contributed by atoms with van der Waals surface area (Å²) in [7, 11) is 0. The van der Waals surface area contributed by atoms with Crippen molar-refractivity contribution in [2.24, 2.45) is 17.8 Å². The maximum Gasteiger partial charge on any atom is 0.335 e. The molecule has 134 valence electrons. The van der Waals surface area contributed by atoms with Gasteiger partial charge in [-0.2, -0.15) is 0 Å². The van der Waals surface area contributed by atoms with Gasteiger partial charge in [0.1, 0.15) is 0 Å². The zero-order valence-corrected chi connectivity index (χ0v) is 15.1.